The van der Waals surface area contributed by atoms with Crippen LogP contribution in [0.2, 0.25) is 0 Å². The molecule has 0 fully saturated rings. The standard InChI is InChI=1S/C3H7O.CH2O3.Mg/c1-2-3-4;2-1(3)4;/h2-3H2,1H3;(H2,2,3,4);/q-1;;+2/p-1. The smallest absolute Gasteiger partial charge is 0.854 e. The van der Waals surface area contributed by atoms with Crippen molar-refractivity contribution in [2.24, 2.45) is 0 Å². The van der Waals surface area contributed by atoms with Gasteiger partial charge in [-0.15, -0.1) is 6.61 Å². The summed E-state index contributed by atoms with van der Waals surface area (Å²) >= 11 is 0. The molecule has 0 aliphatic carbocycles. The molecule has 0 spiro atoms. The van der Waals surface area contributed by atoms with Gasteiger partial charge in [-0.1, -0.05) is 13.3 Å². The van der Waals surface area contributed by atoms with E-state index in [2.05, 4.69) is 0 Å². The van der Waals surface area contributed by atoms with Crippen molar-refractivity contribution in [3.05, 3.63) is 0 Å². The van der Waals surface area contributed by atoms with Crippen LogP contribution < -0.4 is 10.2 Å². The van der Waals surface area contributed by atoms with Gasteiger partial charge < -0.3 is 20.1 Å². The summed E-state index contributed by atoms with van der Waals surface area (Å²) in [5, 5.41) is 24.6. The molecule has 50 valence electrons. The molecule has 0 saturated carbocycles. The number of hydrogen-bond donors (Lipinski definition) is 1. The maximum absolute atomic E-state index is 9.30. The van der Waals surface area contributed by atoms with Gasteiger partial charge in [0.05, 0.1) is 0 Å². The average Bonchev–Trinajstić information content (AvgIpc) is 1.65. The van der Waals surface area contributed by atoms with E-state index in [1.165, 1.54) is 0 Å². The molecule has 9 heavy (non-hydrogen) atoms. The molecule has 0 atom stereocenters. The molecule has 0 aliphatic rings. The van der Waals surface area contributed by atoms with Crippen molar-refractivity contribution in [2.45, 2.75) is 13.3 Å². The van der Waals surface area contributed by atoms with Gasteiger partial charge in [0.15, 0.2) is 0 Å². The molecule has 0 radical (unpaired) electrons. The Morgan fingerprint density at radius 2 is 1.78 bits per heavy atom. The summed E-state index contributed by atoms with van der Waals surface area (Å²) in [5.74, 6) is 0. The van der Waals surface area contributed by atoms with Crippen LogP contribution in [0, 0.1) is 0 Å². The fourth-order valence-electron chi connectivity index (χ4n) is 0. The molecule has 0 aromatic rings. The van der Waals surface area contributed by atoms with Crippen molar-refractivity contribution in [1.82, 2.24) is 0 Å². The molecule has 0 amide bonds. The van der Waals surface area contributed by atoms with E-state index < -0.39 is 6.16 Å². The van der Waals surface area contributed by atoms with E-state index in [4.69, 9.17) is 15.0 Å². The number of carboxylic acid groups (broad SMARTS) is 2. The molecular weight excluding hydrogens is 136 g/mol. The van der Waals surface area contributed by atoms with Crippen LogP contribution in [0.25, 0.3) is 0 Å². The van der Waals surface area contributed by atoms with E-state index in [0.717, 1.165) is 6.42 Å². The second kappa shape index (κ2) is 15.7. The minimum atomic E-state index is -2.08. The van der Waals surface area contributed by atoms with Gasteiger partial charge in [-0.25, -0.2) is 0 Å². The van der Waals surface area contributed by atoms with Crippen molar-refractivity contribution in [3.63, 3.8) is 0 Å². The van der Waals surface area contributed by atoms with Gasteiger partial charge in [0.1, 0.15) is 0 Å². The summed E-state index contributed by atoms with van der Waals surface area (Å²) in [7, 11) is 0. The van der Waals surface area contributed by atoms with E-state index in [9.17, 15) is 5.11 Å². The average molecular weight is 144 g/mol. The summed E-state index contributed by atoms with van der Waals surface area (Å²) in [6, 6.07) is 0. The minimum absolute atomic E-state index is 0. The first-order valence-corrected chi connectivity index (χ1v) is 2.13. The van der Waals surface area contributed by atoms with Gasteiger partial charge in [0.25, 0.3) is 0 Å². The van der Waals surface area contributed by atoms with E-state index in [1.54, 1.807) is 0 Å². The van der Waals surface area contributed by atoms with Gasteiger partial charge in [-0.05, 0) is 0 Å². The Labute approximate surface area is 69.7 Å². The number of carbonyl (C=O) groups is 1. The number of hydrogen-bond acceptors (Lipinski definition) is 3. The van der Waals surface area contributed by atoms with Crippen LogP contribution in [0.3, 0.4) is 0 Å². The molecule has 0 heterocycles. The molecule has 1 N–H and O–H groups in total. The van der Waals surface area contributed by atoms with Crippen LogP contribution in [-0.4, -0.2) is 40.9 Å². The second-order valence-electron chi connectivity index (χ2n) is 0.970. The maximum Gasteiger partial charge on any atom is 2.00 e. The van der Waals surface area contributed by atoms with Gasteiger partial charge in [-0.3, -0.25) is 0 Å². The fourth-order valence-corrected chi connectivity index (χ4v) is 0. The molecule has 0 aromatic carbocycles. The Bertz CT molecular complexity index is 50.5. The monoisotopic (exact) mass is 144 g/mol. The summed E-state index contributed by atoms with van der Waals surface area (Å²) in [6.07, 6.45) is -1.32. The molecule has 5 heteroatoms. The molecule has 0 aliphatic heterocycles. The second-order valence-corrected chi connectivity index (χ2v) is 0.970. The normalized spacial score (nSPS) is 6.00. The molecule has 0 bridgehead atoms. The Morgan fingerprint density at radius 3 is 1.78 bits per heavy atom. The summed E-state index contributed by atoms with van der Waals surface area (Å²) in [6.45, 7) is 1.94. The quantitative estimate of drug-likeness (QED) is 0.443. The molecule has 0 rings (SSSR count). The van der Waals surface area contributed by atoms with Crippen molar-refractivity contribution < 1.29 is 20.1 Å². The van der Waals surface area contributed by atoms with Crippen molar-refractivity contribution in [2.75, 3.05) is 6.61 Å². The summed E-state index contributed by atoms with van der Waals surface area (Å²) in [4.78, 5) is 8.44. The Hall–Kier alpha value is -0.00377. The van der Waals surface area contributed by atoms with E-state index in [0.29, 0.717) is 0 Å². The van der Waals surface area contributed by atoms with Crippen molar-refractivity contribution >= 4 is 29.2 Å². The molecule has 0 saturated heterocycles. The third-order valence-corrected chi connectivity index (χ3v) is 0.204. The summed E-state index contributed by atoms with van der Waals surface area (Å²) in [5.41, 5.74) is 0. The molecule has 0 unspecified atom stereocenters. The van der Waals surface area contributed by atoms with Crippen LogP contribution in [0.1, 0.15) is 13.3 Å². The van der Waals surface area contributed by atoms with Crippen LogP contribution in [0.4, 0.5) is 4.79 Å². The third-order valence-electron chi connectivity index (χ3n) is 0.204. The third kappa shape index (κ3) is 290. The summed E-state index contributed by atoms with van der Waals surface area (Å²) < 4.78 is 0. The van der Waals surface area contributed by atoms with E-state index in [1.807, 2.05) is 6.92 Å². The van der Waals surface area contributed by atoms with Crippen LogP contribution >= 0.6 is 0 Å². The van der Waals surface area contributed by atoms with E-state index >= 15 is 0 Å². The zero-order chi connectivity index (χ0) is 6.99. The van der Waals surface area contributed by atoms with Crippen LogP contribution in [0.5, 0.6) is 0 Å². The first-order valence-electron chi connectivity index (χ1n) is 2.13. The number of rotatable bonds is 1. The molecule has 0 aromatic heterocycles. The van der Waals surface area contributed by atoms with Crippen molar-refractivity contribution in [3.8, 4) is 0 Å². The predicted molar refractivity (Wildman–Crippen MR) is 28.9 cm³/mol. The van der Waals surface area contributed by atoms with Gasteiger partial charge in [0.2, 0.25) is 6.16 Å². The Morgan fingerprint density at radius 1 is 1.67 bits per heavy atom. The largest absolute Gasteiger partial charge is 2.00 e. The molecule has 4 nitrogen and oxygen atoms in total. The topological polar surface area (TPSA) is 83.4 Å². The Balaban J connectivity index is -0.0000000720. The first-order chi connectivity index (χ1) is 3.65. The van der Waals surface area contributed by atoms with Crippen LogP contribution in [-0.2, 0) is 0 Å². The zero-order valence-electron chi connectivity index (χ0n) is 5.29. The van der Waals surface area contributed by atoms with Gasteiger partial charge in [0, 0.05) is 0 Å². The van der Waals surface area contributed by atoms with E-state index in [-0.39, 0.29) is 29.7 Å². The van der Waals surface area contributed by atoms with Crippen molar-refractivity contribution in [1.29, 1.82) is 0 Å². The Kier molecular flexibility index (Phi) is 27.9. The van der Waals surface area contributed by atoms with Gasteiger partial charge in [-0.2, -0.15) is 0 Å². The predicted octanol–water partition coefficient (Wildman–Crippen LogP) is -1.74. The van der Waals surface area contributed by atoms with Crippen LogP contribution in [0.15, 0.2) is 0 Å². The SMILES string of the molecule is CCC[O-].O=C([O-])O.[Mg+2]. The van der Waals surface area contributed by atoms with Gasteiger partial charge >= 0.3 is 23.1 Å². The fraction of sp³-hybridized carbons (Fsp3) is 0.750. The minimum Gasteiger partial charge on any atom is -0.854 e. The zero-order valence-corrected chi connectivity index (χ0v) is 6.71. The molecular formula is C4H8MgO4. The first kappa shape index (κ1) is 16.0. The maximum atomic E-state index is 9.30.